The Balaban J connectivity index is 1.39. The summed E-state index contributed by atoms with van der Waals surface area (Å²) in [6, 6.07) is 2.91. The van der Waals surface area contributed by atoms with Gasteiger partial charge in [0.1, 0.15) is 0 Å². The fourth-order valence-electron chi connectivity index (χ4n) is 4.58. The number of benzene rings is 1. The van der Waals surface area contributed by atoms with E-state index in [1.54, 1.807) is 6.92 Å². The molecule has 0 atom stereocenters. The Morgan fingerprint density at radius 3 is 2.37 bits per heavy atom. The Hall–Kier alpha value is -1.46. The van der Waals surface area contributed by atoms with Gasteiger partial charge < -0.3 is 14.2 Å². The standard InChI is InChI=1S/C25H36F2O3/c1-3-7-18-10-12-19(13-11-18)8-5-6-9-20-16-29-25(30-17-20)21-14-15-22(28-4-2)24(27)23(21)26/h5,8,14-15,18-20,25H,3-4,6-7,9-13,16-17H2,1-2H3/b8-5+. The summed E-state index contributed by atoms with van der Waals surface area (Å²) in [5, 5.41) is 0. The van der Waals surface area contributed by atoms with Crippen molar-refractivity contribution in [1.29, 1.82) is 0 Å². The molecule has 0 amide bonds. The molecule has 0 bridgehead atoms. The highest BCUT2D eigenvalue weighted by Gasteiger charge is 2.28. The molecule has 30 heavy (non-hydrogen) atoms. The summed E-state index contributed by atoms with van der Waals surface area (Å²) in [5.41, 5.74) is 0.0907. The zero-order chi connectivity index (χ0) is 21.3. The Bertz CT molecular complexity index is 675. The summed E-state index contributed by atoms with van der Waals surface area (Å²) in [5.74, 6) is -0.0740. The quantitative estimate of drug-likeness (QED) is 0.402. The van der Waals surface area contributed by atoms with Crippen LogP contribution in [0.25, 0.3) is 0 Å². The van der Waals surface area contributed by atoms with Crippen LogP contribution in [0.1, 0.15) is 77.1 Å². The summed E-state index contributed by atoms with van der Waals surface area (Å²) < 4.78 is 44.9. The molecule has 0 aromatic heterocycles. The second kappa shape index (κ2) is 11.8. The summed E-state index contributed by atoms with van der Waals surface area (Å²) in [6.45, 7) is 5.28. The minimum Gasteiger partial charge on any atom is -0.491 e. The van der Waals surface area contributed by atoms with Gasteiger partial charge in [-0.15, -0.1) is 0 Å². The van der Waals surface area contributed by atoms with Gasteiger partial charge in [0.2, 0.25) is 5.82 Å². The zero-order valence-corrected chi connectivity index (χ0v) is 18.4. The molecule has 5 heteroatoms. The first kappa shape index (κ1) is 23.2. The smallest absolute Gasteiger partial charge is 0.201 e. The second-order valence-corrected chi connectivity index (χ2v) is 8.65. The van der Waals surface area contributed by atoms with Gasteiger partial charge in [0, 0.05) is 11.5 Å². The maximum absolute atomic E-state index is 14.3. The summed E-state index contributed by atoms with van der Waals surface area (Å²) in [7, 11) is 0. The molecule has 3 rings (SSSR count). The average Bonchev–Trinajstić information content (AvgIpc) is 2.77. The van der Waals surface area contributed by atoms with E-state index in [1.807, 2.05) is 0 Å². The van der Waals surface area contributed by atoms with Crippen LogP contribution in [0.5, 0.6) is 5.75 Å². The number of hydrogen-bond acceptors (Lipinski definition) is 3. The Morgan fingerprint density at radius 1 is 0.967 bits per heavy atom. The number of halogens is 2. The highest BCUT2D eigenvalue weighted by atomic mass is 19.2. The van der Waals surface area contributed by atoms with Crippen molar-refractivity contribution in [2.75, 3.05) is 19.8 Å². The SMILES string of the molecule is CCCC1CCC(/C=C/CCC2COC(c3ccc(OCC)c(F)c3F)OC2)CC1. The van der Waals surface area contributed by atoms with Crippen molar-refractivity contribution in [2.45, 2.75) is 71.5 Å². The lowest BCUT2D eigenvalue weighted by molar-refractivity contribution is -0.207. The first-order chi connectivity index (χ1) is 14.6. The summed E-state index contributed by atoms with van der Waals surface area (Å²) in [4.78, 5) is 0. The lowest BCUT2D eigenvalue weighted by Crippen LogP contribution is -2.27. The monoisotopic (exact) mass is 422 g/mol. The minimum atomic E-state index is -0.988. The predicted molar refractivity (Wildman–Crippen MR) is 114 cm³/mol. The molecule has 2 fully saturated rings. The van der Waals surface area contributed by atoms with Crippen LogP contribution in [0.15, 0.2) is 24.3 Å². The van der Waals surface area contributed by atoms with Crippen molar-refractivity contribution in [3.8, 4) is 5.75 Å². The molecule has 2 aliphatic rings. The zero-order valence-electron chi connectivity index (χ0n) is 18.4. The van der Waals surface area contributed by atoms with Gasteiger partial charge >= 0.3 is 0 Å². The molecule has 1 aliphatic heterocycles. The van der Waals surface area contributed by atoms with Gasteiger partial charge in [-0.25, -0.2) is 4.39 Å². The molecule has 1 saturated carbocycles. The molecule has 1 aromatic carbocycles. The van der Waals surface area contributed by atoms with Crippen molar-refractivity contribution in [2.24, 2.45) is 17.8 Å². The van der Waals surface area contributed by atoms with Crippen LogP contribution in [0, 0.1) is 29.4 Å². The second-order valence-electron chi connectivity index (χ2n) is 8.65. The van der Waals surface area contributed by atoms with E-state index in [9.17, 15) is 8.78 Å². The summed E-state index contributed by atoms with van der Waals surface area (Å²) in [6.07, 6.45) is 13.9. The third-order valence-electron chi connectivity index (χ3n) is 6.34. The van der Waals surface area contributed by atoms with E-state index in [0.717, 1.165) is 24.7 Å². The normalized spacial score (nSPS) is 27.5. The largest absolute Gasteiger partial charge is 0.491 e. The van der Waals surface area contributed by atoms with Crippen LogP contribution in [0.3, 0.4) is 0 Å². The fraction of sp³-hybridized carbons (Fsp3) is 0.680. The van der Waals surface area contributed by atoms with Gasteiger partial charge in [-0.2, -0.15) is 4.39 Å². The van der Waals surface area contributed by atoms with Crippen molar-refractivity contribution < 1.29 is 23.0 Å². The molecule has 168 valence electrons. The van der Waals surface area contributed by atoms with Crippen LogP contribution in [-0.2, 0) is 9.47 Å². The van der Waals surface area contributed by atoms with Crippen LogP contribution >= 0.6 is 0 Å². The van der Waals surface area contributed by atoms with Gasteiger partial charge in [-0.05, 0) is 69.4 Å². The van der Waals surface area contributed by atoms with Gasteiger partial charge in [0.05, 0.1) is 19.8 Å². The van der Waals surface area contributed by atoms with Crippen LogP contribution < -0.4 is 4.74 Å². The molecule has 0 spiro atoms. The van der Waals surface area contributed by atoms with E-state index in [-0.39, 0.29) is 23.8 Å². The highest BCUT2D eigenvalue weighted by Crippen LogP contribution is 2.34. The van der Waals surface area contributed by atoms with Crippen LogP contribution in [0.4, 0.5) is 8.78 Å². The molecule has 0 unspecified atom stereocenters. The number of rotatable bonds is 9. The van der Waals surface area contributed by atoms with Crippen molar-refractivity contribution >= 4 is 0 Å². The molecule has 3 nitrogen and oxygen atoms in total. The maximum atomic E-state index is 14.3. The lowest BCUT2D eigenvalue weighted by atomic mass is 9.80. The first-order valence-electron chi connectivity index (χ1n) is 11.6. The van der Waals surface area contributed by atoms with Gasteiger partial charge in [0.25, 0.3) is 0 Å². The maximum Gasteiger partial charge on any atom is 0.201 e. The topological polar surface area (TPSA) is 27.7 Å². The third kappa shape index (κ3) is 6.27. The van der Waals surface area contributed by atoms with Crippen molar-refractivity contribution in [3.05, 3.63) is 41.5 Å². The Labute approximate surface area is 179 Å². The van der Waals surface area contributed by atoms with Gasteiger partial charge in [-0.3, -0.25) is 0 Å². The summed E-state index contributed by atoms with van der Waals surface area (Å²) >= 11 is 0. The highest BCUT2D eigenvalue weighted by molar-refractivity contribution is 5.31. The van der Waals surface area contributed by atoms with Crippen molar-refractivity contribution in [1.82, 2.24) is 0 Å². The van der Waals surface area contributed by atoms with Gasteiger partial charge in [-0.1, -0.05) is 31.9 Å². The van der Waals surface area contributed by atoms with E-state index < -0.39 is 17.9 Å². The third-order valence-corrected chi connectivity index (χ3v) is 6.34. The van der Waals surface area contributed by atoms with Crippen molar-refractivity contribution in [3.63, 3.8) is 0 Å². The van der Waals surface area contributed by atoms with Gasteiger partial charge in [0.15, 0.2) is 17.9 Å². The Morgan fingerprint density at radius 2 is 1.70 bits per heavy atom. The van der Waals surface area contributed by atoms with Crippen LogP contribution in [0.2, 0.25) is 0 Å². The fourth-order valence-corrected chi connectivity index (χ4v) is 4.58. The number of hydrogen-bond donors (Lipinski definition) is 0. The lowest BCUT2D eigenvalue weighted by Gasteiger charge is -2.30. The van der Waals surface area contributed by atoms with E-state index >= 15 is 0 Å². The molecule has 1 aromatic rings. The minimum absolute atomic E-state index is 0.0851. The first-order valence-corrected chi connectivity index (χ1v) is 11.6. The van der Waals surface area contributed by atoms with E-state index in [4.69, 9.17) is 14.2 Å². The molecule has 1 saturated heterocycles. The Kier molecular flexibility index (Phi) is 9.13. The molecule has 1 aliphatic carbocycles. The average molecular weight is 423 g/mol. The molecular formula is C25H36F2O3. The predicted octanol–water partition coefficient (Wildman–Crippen LogP) is 6.97. The molecule has 0 radical (unpaired) electrons. The van der Waals surface area contributed by atoms with E-state index in [2.05, 4.69) is 19.1 Å². The molecule has 1 heterocycles. The molecule has 0 N–H and O–H groups in total. The number of ether oxygens (including phenoxy) is 3. The number of allylic oxidation sites excluding steroid dienone is 2. The van der Waals surface area contributed by atoms with E-state index in [0.29, 0.717) is 13.2 Å². The van der Waals surface area contributed by atoms with Crippen LogP contribution in [-0.4, -0.2) is 19.8 Å². The van der Waals surface area contributed by atoms with E-state index in [1.165, 1.54) is 50.7 Å². The molecular weight excluding hydrogens is 386 g/mol.